The largest absolute Gasteiger partial charge is 0.180 e. The van der Waals surface area contributed by atoms with Crippen molar-refractivity contribution in [2.45, 2.75) is 6.92 Å². The highest BCUT2D eigenvalue weighted by molar-refractivity contribution is 7.26. The molecule has 1 aromatic heterocycles. The molecule has 0 N–H and O–H groups in total. The molecule has 156 valence electrons. The summed E-state index contributed by atoms with van der Waals surface area (Å²) in [6.07, 6.45) is 0. The van der Waals surface area contributed by atoms with Gasteiger partial charge in [-0.3, -0.25) is 0 Å². The summed E-state index contributed by atoms with van der Waals surface area (Å²) in [5.41, 5.74) is 4.19. The van der Waals surface area contributed by atoms with E-state index in [0.29, 0.717) is 0 Å². The molecule has 0 amide bonds. The molecular formula is C31H22SSi. The van der Waals surface area contributed by atoms with Gasteiger partial charge in [-0.2, -0.15) is 0 Å². The van der Waals surface area contributed by atoms with Crippen molar-refractivity contribution in [3.8, 4) is 11.1 Å². The SMILES string of the molecule is Cc1cccc2c1sc1cc3c(cc12)[Si](c1ccccc1)(c1ccccc1)c1ccccc1-3. The van der Waals surface area contributed by atoms with Gasteiger partial charge in [0.05, 0.1) is 0 Å². The summed E-state index contributed by atoms with van der Waals surface area (Å²) in [4.78, 5) is 0. The zero-order valence-corrected chi connectivity index (χ0v) is 20.2. The summed E-state index contributed by atoms with van der Waals surface area (Å²) in [6, 6.07) is 43.4. The van der Waals surface area contributed by atoms with Crippen LogP contribution in [0.4, 0.5) is 0 Å². The summed E-state index contributed by atoms with van der Waals surface area (Å²) in [5.74, 6) is 0. The molecule has 33 heavy (non-hydrogen) atoms. The second-order valence-corrected chi connectivity index (χ2v) is 13.8. The molecule has 0 aliphatic carbocycles. The highest BCUT2D eigenvalue weighted by atomic mass is 32.1. The molecule has 6 aromatic rings. The molecule has 2 heteroatoms. The van der Waals surface area contributed by atoms with Crippen LogP contribution in [-0.4, -0.2) is 8.07 Å². The minimum atomic E-state index is -2.41. The van der Waals surface area contributed by atoms with Crippen molar-refractivity contribution in [3.05, 3.63) is 121 Å². The standard InChI is InChI=1S/C31H22SSi/c1-21-11-10-17-25-26-20-30-27(19-28(26)32-31(21)25)24-16-8-9-18-29(24)33(30,22-12-4-2-5-13-22)23-14-6-3-7-15-23/h2-20H,1H3. The maximum Gasteiger partial charge on any atom is 0.180 e. The van der Waals surface area contributed by atoms with E-state index in [1.54, 1.807) is 0 Å². The third-order valence-corrected chi connectivity index (χ3v) is 13.4. The maximum atomic E-state index is 2.55. The van der Waals surface area contributed by atoms with E-state index in [4.69, 9.17) is 0 Å². The number of hydrogen-bond donors (Lipinski definition) is 0. The minimum Gasteiger partial charge on any atom is -0.135 e. The number of benzene rings is 5. The van der Waals surface area contributed by atoms with Crippen molar-refractivity contribution in [2.75, 3.05) is 0 Å². The first-order valence-electron chi connectivity index (χ1n) is 11.5. The van der Waals surface area contributed by atoms with E-state index in [2.05, 4.69) is 122 Å². The van der Waals surface area contributed by atoms with E-state index in [1.165, 1.54) is 57.6 Å². The molecule has 0 radical (unpaired) electrons. The van der Waals surface area contributed by atoms with Crippen LogP contribution < -0.4 is 20.7 Å². The smallest absolute Gasteiger partial charge is 0.135 e. The van der Waals surface area contributed by atoms with Crippen molar-refractivity contribution in [1.29, 1.82) is 0 Å². The van der Waals surface area contributed by atoms with E-state index in [0.717, 1.165) is 0 Å². The summed E-state index contributed by atoms with van der Waals surface area (Å²) < 4.78 is 2.80. The fourth-order valence-electron chi connectivity index (χ4n) is 5.87. The van der Waals surface area contributed by atoms with Crippen LogP contribution in [0.25, 0.3) is 31.3 Å². The lowest BCUT2D eigenvalue weighted by molar-refractivity contribution is 1.56. The molecule has 2 heterocycles. The van der Waals surface area contributed by atoms with Crippen LogP contribution in [-0.2, 0) is 0 Å². The molecule has 0 saturated heterocycles. The van der Waals surface area contributed by atoms with Crippen LogP contribution >= 0.6 is 11.3 Å². The Morgan fingerprint density at radius 2 is 1.21 bits per heavy atom. The van der Waals surface area contributed by atoms with Gasteiger partial charge in [0, 0.05) is 20.2 Å². The summed E-state index contributed by atoms with van der Waals surface area (Å²) in [5, 5.41) is 8.73. The highest BCUT2D eigenvalue weighted by Crippen LogP contribution is 2.39. The molecule has 0 bridgehead atoms. The van der Waals surface area contributed by atoms with Crippen LogP contribution in [0.5, 0.6) is 0 Å². The van der Waals surface area contributed by atoms with Crippen molar-refractivity contribution in [3.63, 3.8) is 0 Å². The average Bonchev–Trinajstić information content (AvgIpc) is 3.38. The molecule has 0 saturated carbocycles. The van der Waals surface area contributed by atoms with Gasteiger partial charge in [0.25, 0.3) is 0 Å². The molecule has 1 aliphatic heterocycles. The van der Waals surface area contributed by atoms with Crippen LogP contribution in [0.15, 0.2) is 115 Å². The maximum absolute atomic E-state index is 2.55. The number of hydrogen-bond acceptors (Lipinski definition) is 1. The van der Waals surface area contributed by atoms with Gasteiger partial charge in [-0.1, -0.05) is 109 Å². The first-order valence-corrected chi connectivity index (χ1v) is 14.3. The zero-order valence-electron chi connectivity index (χ0n) is 18.4. The van der Waals surface area contributed by atoms with Crippen LogP contribution in [0, 0.1) is 6.92 Å². The first-order chi connectivity index (χ1) is 16.3. The molecule has 0 spiro atoms. The Bertz CT molecular complexity index is 1620. The predicted octanol–water partition coefficient (Wildman–Crippen LogP) is 5.72. The van der Waals surface area contributed by atoms with E-state index in [9.17, 15) is 0 Å². The molecule has 1 aliphatic rings. The Hall–Kier alpha value is -3.46. The fourth-order valence-corrected chi connectivity index (χ4v) is 12.3. The van der Waals surface area contributed by atoms with Gasteiger partial charge < -0.3 is 0 Å². The lowest BCUT2D eigenvalue weighted by Crippen LogP contribution is -2.72. The number of rotatable bonds is 2. The van der Waals surface area contributed by atoms with Crippen LogP contribution in [0.1, 0.15) is 5.56 Å². The van der Waals surface area contributed by atoms with Gasteiger partial charge in [0.1, 0.15) is 0 Å². The second-order valence-electron chi connectivity index (χ2n) is 8.98. The van der Waals surface area contributed by atoms with E-state index in [1.807, 2.05) is 11.3 Å². The van der Waals surface area contributed by atoms with Crippen molar-refractivity contribution >= 4 is 60.3 Å². The lowest BCUT2D eigenvalue weighted by Gasteiger charge is -2.31. The summed E-state index contributed by atoms with van der Waals surface area (Å²) >= 11 is 1.94. The third-order valence-electron chi connectivity index (χ3n) is 7.27. The number of thiophene rings is 1. The van der Waals surface area contributed by atoms with E-state index in [-0.39, 0.29) is 0 Å². The molecule has 0 fully saturated rings. The summed E-state index contributed by atoms with van der Waals surface area (Å²) in [7, 11) is -2.41. The second kappa shape index (κ2) is 7.02. The average molecular weight is 455 g/mol. The van der Waals surface area contributed by atoms with E-state index < -0.39 is 8.07 Å². The normalized spacial score (nSPS) is 13.8. The Morgan fingerprint density at radius 1 is 0.545 bits per heavy atom. The van der Waals surface area contributed by atoms with Crippen molar-refractivity contribution < 1.29 is 0 Å². The number of aryl methyl sites for hydroxylation is 1. The van der Waals surface area contributed by atoms with Gasteiger partial charge >= 0.3 is 0 Å². The van der Waals surface area contributed by atoms with Gasteiger partial charge in [-0.25, -0.2) is 0 Å². The Kier molecular flexibility index (Phi) is 4.05. The molecule has 5 aromatic carbocycles. The Labute approximate surface area is 198 Å². The molecule has 0 unspecified atom stereocenters. The van der Waals surface area contributed by atoms with Gasteiger partial charge in [0.2, 0.25) is 0 Å². The van der Waals surface area contributed by atoms with Gasteiger partial charge in [0.15, 0.2) is 8.07 Å². The van der Waals surface area contributed by atoms with Gasteiger partial charge in [-0.15, -0.1) is 11.3 Å². The Balaban J connectivity index is 1.69. The van der Waals surface area contributed by atoms with E-state index >= 15 is 0 Å². The summed E-state index contributed by atoms with van der Waals surface area (Å²) in [6.45, 7) is 2.23. The quantitative estimate of drug-likeness (QED) is 0.293. The van der Waals surface area contributed by atoms with Crippen molar-refractivity contribution in [1.82, 2.24) is 0 Å². The minimum absolute atomic E-state index is 1.36. The molecule has 0 atom stereocenters. The number of fused-ring (bicyclic) bond motifs is 6. The molecule has 7 rings (SSSR count). The van der Waals surface area contributed by atoms with Crippen molar-refractivity contribution in [2.24, 2.45) is 0 Å². The third kappa shape index (κ3) is 2.51. The van der Waals surface area contributed by atoms with Crippen LogP contribution in [0.3, 0.4) is 0 Å². The van der Waals surface area contributed by atoms with Gasteiger partial charge in [-0.05, 0) is 50.4 Å². The molecular weight excluding hydrogens is 432 g/mol. The predicted molar refractivity (Wildman–Crippen MR) is 147 cm³/mol. The zero-order chi connectivity index (χ0) is 22.0. The first kappa shape index (κ1) is 19.0. The monoisotopic (exact) mass is 454 g/mol. The topological polar surface area (TPSA) is 0 Å². The van der Waals surface area contributed by atoms with Crippen LogP contribution in [0.2, 0.25) is 0 Å². The highest BCUT2D eigenvalue weighted by Gasteiger charge is 2.48. The lowest BCUT2D eigenvalue weighted by atomic mass is 10.0. The molecule has 0 nitrogen and oxygen atoms in total. The Morgan fingerprint density at radius 3 is 1.94 bits per heavy atom. The fraction of sp³-hybridized carbons (Fsp3) is 0.0323.